The molecule has 1 amide bonds. The van der Waals surface area contributed by atoms with Crippen LogP contribution in [0.4, 0.5) is 5.69 Å². The molecule has 1 aromatic carbocycles. The number of nitriles is 1. The van der Waals surface area contributed by atoms with Gasteiger partial charge in [-0.15, -0.1) is 0 Å². The Morgan fingerprint density at radius 2 is 2.17 bits per heavy atom. The predicted octanol–water partition coefficient (Wildman–Crippen LogP) is 1.58. The molecule has 0 unspecified atom stereocenters. The third-order valence-corrected chi connectivity index (χ3v) is 3.41. The van der Waals surface area contributed by atoms with E-state index in [2.05, 4.69) is 11.4 Å². The van der Waals surface area contributed by atoms with Gasteiger partial charge in [0.25, 0.3) is 0 Å². The lowest BCUT2D eigenvalue weighted by Gasteiger charge is -2.43. The van der Waals surface area contributed by atoms with Gasteiger partial charge in [-0.3, -0.25) is 4.79 Å². The van der Waals surface area contributed by atoms with Gasteiger partial charge in [0.2, 0.25) is 5.91 Å². The Kier molecular flexibility index (Phi) is 3.00. The largest absolute Gasteiger partial charge is 0.355 e. The Labute approximate surface area is 107 Å². The molecule has 4 heteroatoms. The van der Waals surface area contributed by atoms with E-state index in [1.807, 2.05) is 43.9 Å². The van der Waals surface area contributed by atoms with Crippen molar-refractivity contribution in [3.63, 3.8) is 0 Å². The minimum Gasteiger partial charge on any atom is -0.355 e. The number of nitrogens with one attached hydrogen (secondary N) is 1. The fourth-order valence-electron chi connectivity index (χ4n) is 2.30. The van der Waals surface area contributed by atoms with E-state index < -0.39 is 5.54 Å². The van der Waals surface area contributed by atoms with Crippen LogP contribution in [0.15, 0.2) is 18.2 Å². The second-order valence-corrected chi connectivity index (χ2v) is 5.10. The maximum atomic E-state index is 11.9. The summed E-state index contributed by atoms with van der Waals surface area (Å²) in [6.07, 6.45) is 0. The van der Waals surface area contributed by atoms with Crippen LogP contribution >= 0.6 is 0 Å². The number of hydrogen-bond donors (Lipinski definition) is 1. The molecule has 0 atom stereocenters. The number of carbonyl (C=O) groups excluding carboxylic acids is 1. The molecule has 18 heavy (non-hydrogen) atoms. The first-order valence-corrected chi connectivity index (χ1v) is 6.03. The summed E-state index contributed by atoms with van der Waals surface area (Å²) in [7, 11) is 0. The normalized spacial score (nSPS) is 18.1. The van der Waals surface area contributed by atoms with Gasteiger partial charge in [-0.2, -0.15) is 5.26 Å². The van der Waals surface area contributed by atoms with Crippen LogP contribution in [0.2, 0.25) is 0 Å². The van der Waals surface area contributed by atoms with Crippen molar-refractivity contribution in [3.05, 3.63) is 29.3 Å². The monoisotopic (exact) mass is 243 g/mol. The van der Waals surface area contributed by atoms with E-state index in [0.29, 0.717) is 12.1 Å². The Morgan fingerprint density at radius 1 is 1.44 bits per heavy atom. The molecular formula is C14H17N3O. The van der Waals surface area contributed by atoms with E-state index in [4.69, 9.17) is 0 Å². The molecule has 1 aliphatic rings. The van der Waals surface area contributed by atoms with E-state index >= 15 is 0 Å². The van der Waals surface area contributed by atoms with E-state index in [9.17, 15) is 10.1 Å². The van der Waals surface area contributed by atoms with Gasteiger partial charge in [-0.25, -0.2) is 0 Å². The van der Waals surface area contributed by atoms with Crippen LogP contribution in [-0.2, 0) is 4.79 Å². The van der Waals surface area contributed by atoms with Crippen molar-refractivity contribution in [1.29, 1.82) is 5.26 Å². The zero-order valence-corrected chi connectivity index (χ0v) is 10.9. The smallest absolute Gasteiger partial charge is 0.245 e. The van der Waals surface area contributed by atoms with Crippen molar-refractivity contribution < 1.29 is 4.79 Å². The Morgan fingerprint density at radius 3 is 2.83 bits per heavy atom. The zero-order chi connectivity index (χ0) is 13.3. The third-order valence-electron chi connectivity index (χ3n) is 3.41. The fraction of sp³-hybridized carbons (Fsp3) is 0.429. The van der Waals surface area contributed by atoms with Gasteiger partial charge in [-0.1, -0.05) is 6.07 Å². The highest BCUT2D eigenvalue weighted by molar-refractivity contribution is 5.91. The number of amides is 1. The maximum Gasteiger partial charge on any atom is 0.245 e. The summed E-state index contributed by atoms with van der Waals surface area (Å²) in [5, 5.41) is 12.1. The van der Waals surface area contributed by atoms with Crippen LogP contribution < -0.4 is 10.2 Å². The van der Waals surface area contributed by atoms with Crippen LogP contribution in [0.25, 0.3) is 0 Å². The summed E-state index contributed by atoms with van der Waals surface area (Å²) in [5.74, 6) is -0.00165. The number of aryl methyl sites for hydroxylation is 1. The van der Waals surface area contributed by atoms with Crippen molar-refractivity contribution in [1.82, 2.24) is 5.32 Å². The molecule has 0 saturated carbocycles. The number of benzene rings is 1. The first-order chi connectivity index (χ1) is 8.46. The van der Waals surface area contributed by atoms with Crippen LogP contribution in [0.1, 0.15) is 25.0 Å². The number of nitrogens with zero attached hydrogens (tertiary/aromatic N) is 2. The molecule has 0 spiro atoms. The van der Waals surface area contributed by atoms with E-state index in [0.717, 1.165) is 17.8 Å². The molecule has 0 aromatic heterocycles. The summed E-state index contributed by atoms with van der Waals surface area (Å²) in [6.45, 7) is 7.04. The molecule has 1 aliphatic heterocycles. The van der Waals surface area contributed by atoms with Crippen molar-refractivity contribution in [2.45, 2.75) is 26.3 Å². The summed E-state index contributed by atoms with van der Waals surface area (Å²) in [4.78, 5) is 13.9. The second-order valence-electron chi connectivity index (χ2n) is 5.10. The van der Waals surface area contributed by atoms with Crippen LogP contribution in [-0.4, -0.2) is 24.5 Å². The molecule has 1 aromatic rings. The van der Waals surface area contributed by atoms with Gasteiger partial charge in [0, 0.05) is 13.1 Å². The van der Waals surface area contributed by atoms with Gasteiger partial charge in [0.15, 0.2) is 0 Å². The number of carbonyl (C=O) groups is 1. The fourth-order valence-corrected chi connectivity index (χ4v) is 2.30. The molecule has 1 N–H and O–H groups in total. The highest BCUT2D eigenvalue weighted by Crippen LogP contribution is 2.29. The van der Waals surface area contributed by atoms with Gasteiger partial charge in [-0.05, 0) is 38.5 Å². The van der Waals surface area contributed by atoms with Crippen molar-refractivity contribution in [3.8, 4) is 6.07 Å². The lowest BCUT2D eigenvalue weighted by atomic mass is 9.96. The molecule has 1 heterocycles. The molecule has 1 fully saturated rings. The topological polar surface area (TPSA) is 56.1 Å². The zero-order valence-electron chi connectivity index (χ0n) is 10.9. The Bertz CT molecular complexity index is 528. The molecule has 1 saturated heterocycles. The number of hydrogen-bond acceptors (Lipinski definition) is 3. The Balaban J connectivity index is 2.48. The number of anilines is 1. The third kappa shape index (κ3) is 1.92. The van der Waals surface area contributed by atoms with Crippen molar-refractivity contribution in [2.75, 3.05) is 18.0 Å². The van der Waals surface area contributed by atoms with Crippen molar-refractivity contribution >= 4 is 11.6 Å². The molecule has 94 valence electrons. The maximum absolute atomic E-state index is 11.9. The quantitative estimate of drug-likeness (QED) is 0.814. The number of rotatable bonds is 1. The van der Waals surface area contributed by atoms with E-state index in [1.165, 1.54) is 0 Å². The highest BCUT2D eigenvalue weighted by Gasteiger charge is 2.38. The van der Waals surface area contributed by atoms with Gasteiger partial charge >= 0.3 is 0 Å². The van der Waals surface area contributed by atoms with Crippen LogP contribution in [0.5, 0.6) is 0 Å². The van der Waals surface area contributed by atoms with Crippen molar-refractivity contribution in [2.24, 2.45) is 0 Å². The van der Waals surface area contributed by atoms with E-state index in [1.54, 1.807) is 0 Å². The average molecular weight is 243 g/mol. The standard InChI is InChI=1S/C14H17N3O/c1-10-4-5-12(11(8-10)9-15)17-7-6-16-13(18)14(17,2)3/h4-5,8H,6-7H2,1-3H3,(H,16,18). The molecule has 0 radical (unpaired) electrons. The average Bonchev–Trinajstić information content (AvgIpc) is 2.33. The molecule has 0 bridgehead atoms. The van der Waals surface area contributed by atoms with Crippen LogP contribution in [0, 0.1) is 18.3 Å². The lowest BCUT2D eigenvalue weighted by Crippen LogP contribution is -2.62. The summed E-state index contributed by atoms with van der Waals surface area (Å²) < 4.78 is 0. The summed E-state index contributed by atoms with van der Waals surface area (Å²) >= 11 is 0. The second kappa shape index (κ2) is 4.34. The first kappa shape index (κ1) is 12.4. The summed E-state index contributed by atoms with van der Waals surface area (Å²) in [5.41, 5.74) is 1.88. The summed E-state index contributed by atoms with van der Waals surface area (Å²) in [6, 6.07) is 7.97. The van der Waals surface area contributed by atoms with Crippen LogP contribution in [0.3, 0.4) is 0 Å². The van der Waals surface area contributed by atoms with Gasteiger partial charge in [0.1, 0.15) is 11.6 Å². The highest BCUT2D eigenvalue weighted by atomic mass is 16.2. The lowest BCUT2D eigenvalue weighted by molar-refractivity contribution is -0.126. The van der Waals surface area contributed by atoms with Gasteiger partial charge < -0.3 is 10.2 Å². The molecule has 0 aliphatic carbocycles. The molecule has 4 nitrogen and oxygen atoms in total. The SMILES string of the molecule is Cc1ccc(N2CCNC(=O)C2(C)C)c(C#N)c1. The Hall–Kier alpha value is -2.02. The molecule has 2 rings (SSSR count). The predicted molar refractivity (Wildman–Crippen MR) is 70.3 cm³/mol. The first-order valence-electron chi connectivity index (χ1n) is 6.03. The minimum absolute atomic E-state index is 0.00165. The van der Waals surface area contributed by atoms with E-state index in [-0.39, 0.29) is 5.91 Å². The molecular weight excluding hydrogens is 226 g/mol. The van der Waals surface area contributed by atoms with Gasteiger partial charge in [0.05, 0.1) is 11.3 Å². The number of piperazine rings is 1. The minimum atomic E-state index is -0.626.